The van der Waals surface area contributed by atoms with Gasteiger partial charge in [0.2, 0.25) is 0 Å². The van der Waals surface area contributed by atoms with Crippen LogP contribution in [0.15, 0.2) is 0 Å². The van der Waals surface area contributed by atoms with Crippen LogP contribution < -0.4 is 0 Å². The minimum atomic E-state index is 0. The third kappa shape index (κ3) is 21.2. The van der Waals surface area contributed by atoms with Crippen molar-refractivity contribution in [1.29, 1.82) is 0 Å². The summed E-state index contributed by atoms with van der Waals surface area (Å²) in [6.45, 7) is 6.18. The van der Waals surface area contributed by atoms with Crippen LogP contribution in [-0.2, 0) is 22.4 Å². The van der Waals surface area contributed by atoms with E-state index >= 15 is 0 Å². The van der Waals surface area contributed by atoms with Gasteiger partial charge in [-0.15, -0.1) is 0 Å². The van der Waals surface area contributed by atoms with Crippen molar-refractivity contribution in [1.82, 2.24) is 0 Å². The second-order valence-electron chi connectivity index (χ2n) is 5.80. The van der Waals surface area contributed by atoms with E-state index in [1.165, 1.54) is 96.3 Å². The smallest absolute Gasteiger partial charge is 0.343 e. The zero-order chi connectivity index (χ0) is 13.3. The van der Waals surface area contributed by atoms with Crippen LogP contribution in [0.2, 0.25) is 0 Å². The minimum absolute atomic E-state index is 0. The van der Waals surface area contributed by atoms with E-state index in [2.05, 4.69) is 13.8 Å². The van der Waals surface area contributed by atoms with Crippen LogP contribution in [0.1, 0.15) is 110 Å². The summed E-state index contributed by atoms with van der Waals surface area (Å²) in [4.78, 5) is 0. The summed E-state index contributed by atoms with van der Waals surface area (Å²) in [5.74, 6) is 0. The summed E-state index contributed by atoms with van der Waals surface area (Å²) in [7, 11) is 0. The average Bonchev–Trinajstić information content (AvgIpc) is 2.39. The fourth-order valence-electron chi connectivity index (χ4n) is 2.55. The van der Waals surface area contributed by atoms with Gasteiger partial charge in [-0.1, -0.05) is 103 Å². The van der Waals surface area contributed by atoms with Gasteiger partial charge in [-0.25, -0.2) is 0 Å². The van der Waals surface area contributed by atoms with Crippen LogP contribution in [-0.4, -0.2) is 0 Å². The van der Waals surface area contributed by atoms with Crippen molar-refractivity contribution in [2.24, 2.45) is 0 Å². The molecule has 0 bridgehead atoms. The Balaban J connectivity index is 0. The molecule has 0 fully saturated rings. The topological polar surface area (TPSA) is 0 Å². The Labute approximate surface area is 139 Å². The normalized spacial score (nSPS) is 10.4. The predicted molar refractivity (Wildman–Crippen MR) is 84.9 cm³/mol. The van der Waals surface area contributed by atoms with E-state index in [1.807, 2.05) is 0 Å². The van der Waals surface area contributed by atoms with Gasteiger partial charge in [-0.05, 0) is 0 Å². The van der Waals surface area contributed by atoms with Gasteiger partial charge in [0.25, 0.3) is 0 Å². The molecule has 0 aromatic heterocycles. The van der Waals surface area contributed by atoms with Crippen molar-refractivity contribution >= 4 is 0 Å². The number of rotatable bonds is 15. The number of unbranched alkanes of at least 4 members (excludes halogenated alkanes) is 15. The van der Waals surface area contributed by atoms with Crippen molar-refractivity contribution in [2.45, 2.75) is 110 Å². The van der Waals surface area contributed by atoms with Crippen molar-refractivity contribution in [3.63, 3.8) is 0 Å². The van der Waals surface area contributed by atoms with Crippen molar-refractivity contribution < 1.29 is 22.4 Å². The first-order valence-electron chi connectivity index (χ1n) is 8.71. The van der Waals surface area contributed by atoms with Crippen LogP contribution in [0.3, 0.4) is 0 Å². The van der Waals surface area contributed by atoms with Crippen molar-refractivity contribution in [3.8, 4) is 0 Å². The Morgan fingerprint density at radius 1 is 0.474 bits per heavy atom. The monoisotopic (exact) mass is 450 g/mol. The Kier molecular flexibility index (Phi) is 24.4. The third-order valence-corrected chi connectivity index (χ3v) is 3.85. The largest absolute Gasteiger partial charge is 1.00 e. The first kappa shape index (κ1) is 22.0. The summed E-state index contributed by atoms with van der Waals surface area (Å²) in [6.07, 6.45) is 22.8. The molecule has 0 nitrogen and oxygen atoms in total. The maximum Gasteiger partial charge on any atom is 1.00 e. The zero-order valence-corrected chi connectivity index (χ0v) is 15.5. The zero-order valence-electron chi connectivity index (χ0n) is 13.3. The van der Waals surface area contributed by atoms with Gasteiger partial charge in [-0.2, -0.15) is 6.42 Å². The first-order chi connectivity index (χ1) is 8.91. The molecule has 0 heterocycles. The molecule has 0 radical (unpaired) electrons. The second kappa shape index (κ2) is 21.0. The molecule has 0 aliphatic heterocycles. The maximum atomic E-state index is 3.88. The molecule has 120 valence electrons. The molecule has 0 unspecified atom stereocenters. The predicted octanol–water partition coefficient (Wildman–Crippen LogP) is 7.08. The summed E-state index contributed by atoms with van der Waals surface area (Å²) in [6, 6.07) is 0. The molecular weight excluding hydrogens is 413 g/mol. The molecule has 0 aliphatic carbocycles. The van der Waals surface area contributed by atoms with Gasteiger partial charge in [0.15, 0.2) is 0 Å². The Hall–Kier alpha value is 0.740. The van der Waals surface area contributed by atoms with Crippen LogP contribution in [0.4, 0.5) is 0 Å². The molecule has 0 saturated heterocycles. The molecule has 0 N–H and O–H groups in total. The van der Waals surface area contributed by atoms with Crippen LogP contribution in [0.25, 0.3) is 0 Å². The Morgan fingerprint density at radius 3 is 1.00 bits per heavy atom. The van der Waals surface area contributed by atoms with Gasteiger partial charge < -0.3 is 6.92 Å². The molecule has 0 aliphatic rings. The molecular formula is C18H37Au. The van der Waals surface area contributed by atoms with E-state index in [0.717, 1.165) is 6.42 Å². The van der Waals surface area contributed by atoms with Crippen LogP contribution >= 0.6 is 0 Å². The molecule has 0 saturated carbocycles. The van der Waals surface area contributed by atoms with Gasteiger partial charge in [0, 0.05) is 0 Å². The fraction of sp³-hybridized carbons (Fsp3) is 0.944. The standard InChI is InChI=1S/C18H37.Au/c1-3-5-7-9-11-13-15-17-18-16-14-12-10-8-6-4-2;/h1,3-18H2,2H3;/q-1;+1. The second-order valence-corrected chi connectivity index (χ2v) is 5.80. The molecule has 0 aromatic rings. The summed E-state index contributed by atoms with van der Waals surface area (Å²) < 4.78 is 0. The van der Waals surface area contributed by atoms with Crippen LogP contribution in [0.5, 0.6) is 0 Å². The van der Waals surface area contributed by atoms with E-state index in [0.29, 0.717) is 0 Å². The van der Waals surface area contributed by atoms with Gasteiger partial charge in [0.1, 0.15) is 0 Å². The SMILES string of the molecule is [Au+].[CH2-]CCCCCCCCCCCCCCCCC. The first-order valence-corrected chi connectivity index (χ1v) is 8.71. The van der Waals surface area contributed by atoms with Gasteiger partial charge in [0.05, 0.1) is 0 Å². The fourth-order valence-corrected chi connectivity index (χ4v) is 2.55. The van der Waals surface area contributed by atoms with Crippen LogP contribution in [0, 0.1) is 6.92 Å². The summed E-state index contributed by atoms with van der Waals surface area (Å²) >= 11 is 0. The molecule has 19 heavy (non-hydrogen) atoms. The molecule has 0 spiro atoms. The Morgan fingerprint density at radius 2 is 0.737 bits per heavy atom. The quantitative estimate of drug-likeness (QED) is 0.142. The third-order valence-electron chi connectivity index (χ3n) is 3.85. The molecule has 0 amide bonds. The maximum absolute atomic E-state index is 3.88. The van der Waals surface area contributed by atoms with E-state index in [-0.39, 0.29) is 22.4 Å². The van der Waals surface area contributed by atoms with Crippen molar-refractivity contribution in [2.75, 3.05) is 0 Å². The van der Waals surface area contributed by atoms with Crippen molar-refractivity contribution in [3.05, 3.63) is 6.92 Å². The van der Waals surface area contributed by atoms with E-state index in [1.54, 1.807) is 0 Å². The van der Waals surface area contributed by atoms with Gasteiger partial charge >= 0.3 is 22.4 Å². The molecule has 0 rings (SSSR count). The number of hydrogen-bond acceptors (Lipinski definition) is 0. The number of hydrogen-bond donors (Lipinski definition) is 0. The molecule has 1 heteroatoms. The van der Waals surface area contributed by atoms with E-state index in [4.69, 9.17) is 0 Å². The van der Waals surface area contributed by atoms with Gasteiger partial charge in [-0.3, -0.25) is 0 Å². The average molecular weight is 450 g/mol. The Bertz CT molecular complexity index is 118. The van der Waals surface area contributed by atoms with E-state index in [9.17, 15) is 0 Å². The summed E-state index contributed by atoms with van der Waals surface area (Å²) in [5, 5.41) is 0. The summed E-state index contributed by atoms with van der Waals surface area (Å²) in [5.41, 5.74) is 0. The molecule has 0 aromatic carbocycles. The minimum Gasteiger partial charge on any atom is -0.343 e. The molecule has 0 atom stereocenters. The van der Waals surface area contributed by atoms with E-state index < -0.39 is 0 Å².